The molecule has 1 aliphatic carbocycles. The molecule has 2 aromatic carbocycles. The molecule has 2 heterocycles. The van der Waals surface area contributed by atoms with Crippen LogP contribution >= 0.6 is 11.3 Å². The third kappa shape index (κ3) is 4.17. The van der Waals surface area contributed by atoms with Gasteiger partial charge in [-0.3, -0.25) is 20.4 Å². The van der Waals surface area contributed by atoms with Gasteiger partial charge in [0.05, 0.1) is 4.88 Å². The highest BCUT2D eigenvalue weighted by Crippen LogP contribution is 2.29. The van der Waals surface area contributed by atoms with Crippen molar-refractivity contribution in [1.82, 2.24) is 21.0 Å². The maximum atomic E-state index is 12.4. The second kappa shape index (κ2) is 8.76. The largest absolute Gasteiger partial charge is 0.416 e. The molecule has 0 aliphatic heterocycles. The summed E-state index contributed by atoms with van der Waals surface area (Å²) in [7, 11) is 0. The minimum Gasteiger partial charge on any atom is -0.416 e. The molecule has 2 amide bonds. The summed E-state index contributed by atoms with van der Waals surface area (Å²) in [4.78, 5) is 26.8. The number of amides is 2. The second-order valence-electron chi connectivity index (χ2n) is 7.53. The van der Waals surface area contributed by atoms with Crippen LogP contribution in [0.4, 0.5) is 0 Å². The Hall–Kier alpha value is -3.78. The summed E-state index contributed by atoms with van der Waals surface area (Å²) in [6, 6.07) is 18.2. The smallest absolute Gasteiger partial charge is 0.279 e. The number of benzene rings is 2. The van der Waals surface area contributed by atoms with Crippen LogP contribution in [-0.4, -0.2) is 22.0 Å². The molecule has 2 N–H and O–H groups in total. The number of aryl methyl sites for hydroxylation is 2. The number of hydrogen-bond donors (Lipinski definition) is 2. The number of carbonyl (C=O) groups is 2. The molecule has 0 fully saturated rings. The predicted octanol–water partition coefficient (Wildman–Crippen LogP) is 4.42. The molecule has 32 heavy (non-hydrogen) atoms. The minimum atomic E-state index is -0.401. The molecule has 5 rings (SSSR count). The van der Waals surface area contributed by atoms with E-state index in [1.807, 2.05) is 36.4 Å². The van der Waals surface area contributed by atoms with Gasteiger partial charge in [-0.05, 0) is 73.7 Å². The van der Waals surface area contributed by atoms with Crippen molar-refractivity contribution in [2.45, 2.75) is 25.7 Å². The summed E-state index contributed by atoms with van der Waals surface area (Å²) in [5, 5.41) is 8.16. The Labute approximate surface area is 188 Å². The van der Waals surface area contributed by atoms with E-state index in [-0.39, 0.29) is 5.91 Å². The number of nitrogens with one attached hydrogen (secondary N) is 2. The predicted molar refractivity (Wildman–Crippen MR) is 121 cm³/mol. The van der Waals surface area contributed by atoms with E-state index in [9.17, 15) is 9.59 Å². The van der Waals surface area contributed by atoms with E-state index < -0.39 is 5.91 Å². The number of fused-ring (bicyclic) bond motifs is 1. The lowest BCUT2D eigenvalue weighted by Gasteiger charge is -2.08. The summed E-state index contributed by atoms with van der Waals surface area (Å²) < 4.78 is 5.74. The third-order valence-electron chi connectivity index (χ3n) is 5.35. The van der Waals surface area contributed by atoms with Crippen LogP contribution in [0.2, 0.25) is 0 Å². The van der Waals surface area contributed by atoms with Crippen LogP contribution in [0.3, 0.4) is 0 Å². The van der Waals surface area contributed by atoms with Crippen LogP contribution in [0.25, 0.3) is 22.9 Å². The van der Waals surface area contributed by atoms with E-state index in [1.165, 1.54) is 28.2 Å². The topological polar surface area (TPSA) is 97.1 Å². The summed E-state index contributed by atoms with van der Waals surface area (Å²) in [5.74, 6) is 0.0987. The van der Waals surface area contributed by atoms with Crippen molar-refractivity contribution in [1.29, 1.82) is 0 Å². The lowest BCUT2D eigenvalue weighted by molar-refractivity contribution is 0.0849. The van der Waals surface area contributed by atoms with Crippen molar-refractivity contribution in [2.75, 3.05) is 0 Å². The van der Waals surface area contributed by atoms with E-state index in [1.54, 1.807) is 24.3 Å². The molecular weight excluding hydrogens is 424 g/mol. The van der Waals surface area contributed by atoms with E-state index in [4.69, 9.17) is 4.42 Å². The Morgan fingerprint density at radius 1 is 0.812 bits per heavy atom. The Kier molecular flexibility index (Phi) is 5.51. The number of thiophene rings is 1. The normalized spacial score (nSPS) is 12.8. The lowest BCUT2D eigenvalue weighted by Crippen LogP contribution is -2.41. The Bertz CT molecular complexity index is 1240. The van der Waals surface area contributed by atoms with Gasteiger partial charge >= 0.3 is 0 Å². The van der Waals surface area contributed by atoms with Crippen LogP contribution in [0, 0.1) is 0 Å². The van der Waals surface area contributed by atoms with Crippen LogP contribution in [-0.2, 0) is 12.8 Å². The molecule has 0 saturated carbocycles. The zero-order valence-corrected chi connectivity index (χ0v) is 17.9. The van der Waals surface area contributed by atoms with E-state index >= 15 is 0 Å². The summed E-state index contributed by atoms with van der Waals surface area (Å²) in [6.07, 6.45) is 4.37. The average molecular weight is 445 g/mol. The summed E-state index contributed by atoms with van der Waals surface area (Å²) in [6.45, 7) is 0. The molecule has 8 heteroatoms. The minimum absolute atomic E-state index is 0.298. The molecule has 0 saturated heterocycles. The Balaban J connectivity index is 1.21. The quantitative estimate of drug-likeness (QED) is 0.454. The van der Waals surface area contributed by atoms with Crippen molar-refractivity contribution in [3.8, 4) is 22.9 Å². The van der Waals surface area contributed by atoms with Gasteiger partial charge < -0.3 is 4.42 Å². The molecule has 0 unspecified atom stereocenters. The zero-order chi connectivity index (χ0) is 21.9. The van der Waals surface area contributed by atoms with Crippen LogP contribution < -0.4 is 10.9 Å². The highest BCUT2D eigenvalue weighted by molar-refractivity contribution is 7.14. The van der Waals surface area contributed by atoms with Gasteiger partial charge in [0.15, 0.2) is 0 Å². The average Bonchev–Trinajstić information content (AvgIpc) is 3.51. The monoisotopic (exact) mass is 444 g/mol. The van der Waals surface area contributed by atoms with Gasteiger partial charge in [-0.2, -0.15) is 0 Å². The van der Waals surface area contributed by atoms with Crippen LogP contribution in [0.5, 0.6) is 0 Å². The first kappa shape index (κ1) is 20.1. The van der Waals surface area contributed by atoms with Crippen LogP contribution in [0.15, 0.2) is 65.1 Å². The fourth-order valence-electron chi connectivity index (χ4n) is 3.65. The first-order valence-corrected chi connectivity index (χ1v) is 11.2. The molecule has 0 spiro atoms. The van der Waals surface area contributed by atoms with Gasteiger partial charge in [0.1, 0.15) is 0 Å². The number of hydrogen-bond acceptors (Lipinski definition) is 6. The van der Waals surface area contributed by atoms with Crippen molar-refractivity contribution < 1.29 is 14.0 Å². The highest BCUT2D eigenvalue weighted by Gasteiger charge is 2.18. The van der Waals surface area contributed by atoms with Gasteiger partial charge in [0.25, 0.3) is 11.8 Å². The van der Waals surface area contributed by atoms with E-state index in [2.05, 4.69) is 21.0 Å². The third-order valence-corrected chi connectivity index (χ3v) is 6.59. The van der Waals surface area contributed by atoms with Crippen molar-refractivity contribution >= 4 is 23.2 Å². The standard InChI is InChI=1S/C24H20N4O3S/c29-21(25-26-22(30)20-14-18-8-4-5-9-19(18)32-20)15-10-12-17(13-11-15)24-28-27-23(31-24)16-6-2-1-3-7-16/h1-3,6-7,10-14H,4-5,8-9H2,(H,25,29)(H,26,30). The summed E-state index contributed by atoms with van der Waals surface area (Å²) in [5.41, 5.74) is 8.18. The highest BCUT2D eigenvalue weighted by atomic mass is 32.1. The lowest BCUT2D eigenvalue weighted by atomic mass is 9.99. The summed E-state index contributed by atoms with van der Waals surface area (Å²) >= 11 is 1.50. The van der Waals surface area contributed by atoms with Gasteiger partial charge in [-0.25, -0.2) is 0 Å². The molecule has 7 nitrogen and oxygen atoms in total. The fourth-order valence-corrected chi connectivity index (χ4v) is 4.80. The number of nitrogens with zero attached hydrogens (tertiary/aromatic N) is 2. The Morgan fingerprint density at radius 3 is 2.19 bits per heavy atom. The van der Waals surface area contributed by atoms with Gasteiger partial charge in [0, 0.05) is 21.6 Å². The molecule has 4 aromatic rings. The first-order chi connectivity index (χ1) is 15.7. The molecule has 0 radical (unpaired) electrons. The Morgan fingerprint density at radius 2 is 1.47 bits per heavy atom. The van der Waals surface area contributed by atoms with Crippen molar-refractivity contribution in [3.05, 3.63) is 81.5 Å². The van der Waals surface area contributed by atoms with Crippen molar-refractivity contribution in [3.63, 3.8) is 0 Å². The first-order valence-electron chi connectivity index (χ1n) is 10.4. The number of carbonyl (C=O) groups excluding carboxylic acids is 2. The van der Waals surface area contributed by atoms with Crippen LogP contribution in [0.1, 0.15) is 43.3 Å². The van der Waals surface area contributed by atoms with E-state index in [0.29, 0.717) is 27.8 Å². The number of rotatable bonds is 4. The van der Waals surface area contributed by atoms with E-state index in [0.717, 1.165) is 24.8 Å². The molecule has 0 atom stereocenters. The number of aromatic nitrogens is 2. The zero-order valence-electron chi connectivity index (χ0n) is 17.1. The van der Waals surface area contributed by atoms with Gasteiger partial charge in [-0.15, -0.1) is 21.5 Å². The molecule has 160 valence electrons. The molecule has 0 bridgehead atoms. The van der Waals surface area contributed by atoms with Gasteiger partial charge in [0.2, 0.25) is 11.8 Å². The molecule has 1 aliphatic rings. The van der Waals surface area contributed by atoms with Gasteiger partial charge in [-0.1, -0.05) is 18.2 Å². The maximum absolute atomic E-state index is 12.4. The number of hydrazine groups is 1. The second-order valence-corrected chi connectivity index (χ2v) is 8.67. The van der Waals surface area contributed by atoms with Crippen molar-refractivity contribution in [2.24, 2.45) is 0 Å². The molecular formula is C24H20N4O3S. The fraction of sp³-hybridized carbons (Fsp3) is 0.167. The molecule has 2 aromatic heterocycles. The SMILES string of the molecule is O=C(NNC(=O)c1cc2c(s1)CCCC2)c1ccc(-c2nnc(-c3ccccc3)o2)cc1. The maximum Gasteiger partial charge on any atom is 0.279 e.